The number of nitrogens with zero attached hydrogens (tertiary/aromatic N) is 9. The van der Waals surface area contributed by atoms with Crippen molar-refractivity contribution >= 4 is 17.6 Å². The Hall–Kier alpha value is -3.27. The monoisotopic (exact) mass is 393 g/mol. The Kier molecular flexibility index (Phi) is 4.91. The van der Waals surface area contributed by atoms with Crippen molar-refractivity contribution in [1.82, 2.24) is 29.7 Å². The van der Waals surface area contributed by atoms with Gasteiger partial charge in [-0.15, -0.1) is 0 Å². The molecule has 10 nitrogen and oxygen atoms in total. The van der Waals surface area contributed by atoms with Crippen LogP contribution in [0.25, 0.3) is 5.82 Å². The number of rotatable bonds is 4. The van der Waals surface area contributed by atoms with Gasteiger partial charge in [-0.1, -0.05) is 0 Å². The number of ether oxygens (including phenoxy) is 1. The lowest BCUT2D eigenvalue weighted by atomic mass is 10.3. The van der Waals surface area contributed by atoms with Crippen LogP contribution in [0.2, 0.25) is 0 Å². The lowest BCUT2D eigenvalue weighted by molar-refractivity contribution is 0.122. The third-order valence-corrected chi connectivity index (χ3v) is 5.23. The molecule has 0 atom stereocenters. The Morgan fingerprint density at radius 1 is 0.759 bits per heavy atom. The Balaban J connectivity index is 1.26. The van der Waals surface area contributed by atoms with Gasteiger partial charge in [-0.25, -0.2) is 19.6 Å². The van der Waals surface area contributed by atoms with E-state index < -0.39 is 0 Å². The van der Waals surface area contributed by atoms with Crippen LogP contribution in [0, 0.1) is 0 Å². The molecule has 0 unspecified atom stereocenters. The molecule has 0 bridgehead atoms. The molecule has 3 aromatic rings. The van der Waals surface area contributed by atoms with Crippen LogP contribution in [0.3, 0.4) is 0 Å². The molecule has 0 saturated carbocycles. The van der Waals surface area contributed by atoms with Gasteiger partial charge in [-0.3, -0.25) is 0 Å². The minimum atomic E-state index is 0.728. The molecule has 0 amide bonds. The maximum absolute atomic E-state index is 5.42. The molecule has 3 aromatic heterocycles. The molecule has 10 heteroatoms. The average molecular weight is 393 g/mol. The molecule has 2 fully saturated rings. The van der Waals surface area contributed by atoms with E-state index in [1.54, 1.807) is 17.2 Å². The van der Waals surface area contributed by atoms with E-state index in [1.165, 1.54) is 0 Å². The predicted molar refractivity (Wildman–Crippen MR) is 109 cm³/mol. The zero-order valence-electron chi connectivity index (χ0n) is 16.1. The zero-order chi connectivity index (χ0) is 19.5. The second-order valence-corrected chi connectivity index (χ2v) is 6.97. The fourth-order valence-electron chi connectivity index (χ4n) is 3.64. The summed E-state index contributed by atoms with van der Waals surface area (Å²) in [6.07, 6.45) is 7.07. The summed E-state index contributed by atoms with van der Waals surface area (Å²) in [7, 11) is 0. The van der Waals surface area contributed by atoms with Crippen molar-refractivity contribution in [2.45, 2.75) is 0 Å². The predicted octanol–water partition coefficient (Wildman–Crippen LogP) is 0.615. The molecular weight excluding hydrogens is 370 g/mol. The minimum absolute atomic E-state index is 0.728. The topological polar surface area (TPSA) is 88.3 Å². The van der Waals surface area contributed by atoms with E-state index in [4.69, 9.17) is 9.72 Å². The zero-order valence-corrected chi connectivity index (χ0v) is 16.1. The normalized spacial score (nSPS) is 17.6. The van der Waals surface area contributed by atoms with Crippen LogP contribution in [-0.2, 0) is 4.74 Å². The minimum Gasteiger partial charge on any atom is -0.378 e. The van der Waals surface area contributed by atoms with Gasteiger partial charge in [0.25, 0.3) is 0 Å². The molecule has 5 rings (SSSR count). The lowest BCUT2D eigenvalue weighted by Gasteiger charge is -2.36. The van der Waals surface area contributed by atoms with E-state index in [-0.39, 0.29) is 0 Å². The smallest absolute Gasteiger partial charge is 0.227 e. The summed E-state index contributed by atoms with van der Waals surface area (Å²) in [6.45, 7) is 6.62. The molecule has 29 heavy (non-hydrogen) atoms. The van der Waals surface area contributed by atoms with Gasteiger partial charge in [0.05, 0.1) is 13.2 Å². The van der Waals surface area contributed by atoms with E-state index in [0.717, 1.165) is 75.9 Å². The first-order valence-corrected chi connectivity index (χ1v) is 9.84. The first kappa shape index (κ1) is 17.8. The molecule has 2 saturated heterocycles. The quantitative estimate of drug-likeness (QED) is 0.633. The SMILES string of the molecule is c1cnn(-c2cc(N3CCN(c4ccnc(N5CCOCC5)n4)CC3)ncn2)c1. The molecular formula is C19H23N9O. The summed E-state index contributed by atoms with van der Waals surface area (Å²) < 4.78 is 7.17. The summed E-state index contributed by atoms with van der Waals surface area (Å²) >= 11 is 0. The molecule has 0 aromatic carbocycles. The Morgan fingerprint density at radius 3 is 2.28 bits per heavy atom. The molecule has 2 aliphatic heterocycles. The maximum Gasteiger partial charge on any atom is 0.227 e. The molecule has 5 heterocycles. The third kappa shape index (κ3) is 3.83. The van der Waals surface area contributed by atoms with Gasteiger partial charge in [-0.2, -0.15) is 10.1 Å². The highest BCUT2D eigenvalue weighted by atomic mass is 16.5. The summed E-state index contributed by atoms with van der Waals surface area (Å²) in [6, 6.07) is 5.84. The molecule has 0 aliphatic carbocycles. The number of piperazine rings is 1. The van der Waals surface area contributed by atoms with Crippen molar-refractivity contribution in [1.29, 1.82) is 0 Å². The number of hydrogen-bond donors (Lipinski definition) is 0. The summed E-state index contributed by atoms with van der Waals surface area (Å²) in [4.78, 5) is 24.8. The Morgan fingerprint density at radius 2 is 1.52 bits per heavy atom. The van der Waals surface area contributed by atoms with Crippen LogP contribution in [0.4, 0.5) is 17.6 Å². The van der Waals surface area contributed by atoms with Gasteiger partial charge in [-0.05, 0) is 12.1 Å². The van der Waals surface area contributed by atoms with Crippen molar-refractivity contribution in [3.05, 3.63) is 43.1 Å². The number of morpholine rings is 1. The molecule has 150 valence electrons. The Bertz CT molecular complexity index is 934. The van der Waals surface area contributed by atoms with E-state index >= 15 is 0 Å². The number of aromatic nitrogens is 6. The van der Waals surface area contributed by atoms with Crippen molar-refractivity contribution in [3.8, 4) is 5.82 Å². The van der Waals surface area contributed by atoms with Gasteiger partial charge < -0.3 is 19.4 Å². The molecule has 2 aliphatic rings. The summed E-state index contributed by atoms with van der Waals surface area (Å²) in [5, 5.41) is 4.24. The Labute approximate surface area is 168 Å². The first-order chi connectivity index (χ1) is 14.4. The van der Waals surface area contributed by atoms with Crippen molar-refractivity contribution in [3.63, 3.8) is 0 Å². The fourth-order valence-corrected chi connectivity index (χ4v) is 3.64. The first-order valence-electron chi connectivity index (χ1n) is 9.84. The van der Waals surface area contributed by atoms with Crippen LogP contribution in [0.5, 0.6) is 0 Å². The van der Waals surface area contributed by atoms with Gasteiger partial charge >= 0.3 is 0 Å². The largest absolute Gasteiger partial charge is 0.378 e. The van der Waals surface area contributed by atoms with Gasteiger partial charge in [0.15, 0.2) is 5.82 Å². The molecule has 0 spiro atoms. The average Bonchev–Trinajstić information content (AvgIpc) is 3.35. The van der Waals surface area contributed by atoms with Gasteiger partial charge in [0.1, 0.15) is 18.0 Å². The van der Waals surface area contributed by atoms with Crippen LogP contribution in [-0.4, -0.2) is 82.2 Å². The highest BCUT2D eigenvalue weighted by Crippen LogP contribution is 2.20. The van der Waals surface area contributed by atoms with Crippen molar-refractivity contribution in [2.24, 2.45) is 0 Å². The van der Waals surface area contributed by atoms with Crippen LogP contribution < -0.4 is 14.7 Å². The second kappa shape index (κ2) is 8.00. The summed E-state index contributed by atoms with van der Waals surface area (Å²) in [5.74, 6) is 3.45. The second-order valence-electron chi connectivity index (χ2n) is 6.97. The van der Waals surface area contributed by atoms with Crippen molar-refractivity contribution < 1.29 is 4.74 Å². The van der Waals surface area contributed by atoms with E-state index in [2.05, 4.69) is 34.8 Å². The van der Waals surface area contributed by atoms with Crippen LogP contribution in [0.15, 0.2) is 43.1 Å². The van der Waals surface area contributed by atoms with E-state index in [1.807, 2.05) is 30.6 Å². The van der Waals surface area contributed by atoms with Crippen LogP contribution >= 0.6 is 0 Å². The van der Waals surface area contributed by atoms with E-state index in [9.17, 15) is 0 Å². The lowest BCUT2D eigenvalue weighted by Crippen LogP contribution is -2.47. The van der Waals surface area contributed by atoms with Crippen molar-refractivity contribution in [2.75, 3.05) is 67.2 Å². The number of anilines is 3. The van der Waals surface area contributed by atoms with Gasteiger partial charge in [0.2, 0.25) is 5.95 Å². The highest BCUT2D eigenvalue weighted by molar-refractivity contribution is 5.48. The summed E-state index contributed by atoms with van der Waals surface area (Å²) in [5.41, 5.74) is 0. The van der Waals surface area contributed by atoms with E-state index in [0.29, 0.717) is 0 Å². The fraction of sp³-hybridized carbons (Fsp3) is 0.421. The maximum atomic E-state index is 5.42. The third-order valence-electron chi connectivity index (χ3n) is 5.23. The highest BCUT2D eigenvalue weighted by Gasteiger charge is 2.21. The van der Waals surface area contributed by atoms with Gasteiger partial charge in [0, 0.05) is 63.9 Å². The molecule has 0 radical (unpaired) electrons. The number of hydrogen-bond acceptors (Lipinski definition) is 9. The van der Waals surface area contributed by atoms with Crippen LogP contribution in [0.1, 0.15) is 0 Å². The molecule has 0 N–H and O–H groups in total. The standard InChI is InChI=1S/C19H23N9O/c1-3-23-28(5-1)18-14-17(21-15-22-18)26-8-6-25(7-9-26)16-2-4-20-19(24-16)27-10-12-29-13-11-27/h1-5,14-15H,6-13H2.